The van der Waals surface area contributed by atoms with Crippen LogP contribution in [0, 0.1) is 5.82 Å². The molecule has 0 aliphatic rings. The van der Waals surface area contributed by atoms with E-state index in [9.17, 15) is 9.18 Å². The summed E-state index contributed by atoms with van der Waals surface area (Å²) in [6, 6.07) is 6.08. The molecule has 1 aromatic heterocycles. The Morgan fingerprint density at radius 3 is 2.76 bits per heavy atom. The summed E-state index contributed by atoms with van der Waals surface area (Å²) in [6.07, 6.45) is 2.35. The van der Waals surface area contributed by atoms with E-state index in [-0.39, 0.29) is 11.3 Å². The molecular formula is C12H8BrFN2O. The third kappa shape index (κ3) is 2.50. The minimum absolute atomic E-state index is 0.176. The van der Waals surface area contributed by atoms with Crippen molar-refractivity contribution in [1.82, 2.24) is 4.98 Å². The van der Waals surface area contributed by atoms with Crippen LogP contribution in [0.4, 0.5) is 10.1 Å². The average Bonchev–Trinajstić information content (AvgIpc) is 2.31. The van der Waals surface area contributed by atoms with Crippen molar-refractivity contribution in [1.29, 1.82) is 0 Å². The maximum atomic E-state index is 13.0. The molecule has 2 rings (SSSR count). The molecule has 86 valence electrons. The Balaban J connectivity index is 2.47. The van der Waals surface area contributed by atoms with Crippen LogP contribution in [0.3, 0.4) is 0 Å². The van der Waals surface area contributed by atoms with Crippen LogP contribution in [-0.4, -0.2) is 10.8 Å². The number of halogens is 2. The molecule has 0 unspecified atom stereocenters. The Bertz CT molecular complexity index is 586. The number of nitrogens with zero attached hydrogens (tertiary/aromatic N) is 1. The van der Waals surface area contributed by atoms with Gasteiger partial charge in [-0.3, -0.25) is 9.78 Å². The van der Waals surface area contributed by atoms with E-state index in [1.165, 1.54) is 6.20 Å². The first-order valence-corrected chi connectivity index (χ1v) is 5.57. The standard InChI is InChI=1S/C12H8BrFN2O/c13-8-1-2-11(15)10(4-8)12(17)7-3-9(14)6-16-5-7/h1-6H,15H2. The molecule has 0 saturated carbocycles. The first-order valence-electron chi connectivity index (χ1n) is 4.78. The van der Waals surface area contributed by atoms with Gasteiger partial charge in [-0.05, 0) is 24.3 Å². The molecule has 0 atom stereocenters. The molecule has 1 heterocycles. The second kappa shape index (κ2) is 4.63. The lowest BCUT2D eigenvalue weighted by molar-refractivity contribution is 0.103. The van der Waals surface area contributed by atoms with Crippen molar-refractivity contribution >= 4 is 27.4 Å². The summed E-state index contributed by atoms with van der Waals surface area (Å²) in [6.45, 7) is 0. The van der Waals surface area contributed by atoms with Gasteiger partial charge in [0.15, 0.2) is 5.78 Å². The fraction of sp³-hybridized carbons (Fsp3) is 0. The number of nitrogen functional groups attached to an aromatic ring is 1. The van der Waals surface area contributed by atoms with Crippen molar-refractivity contribution in [2.45, 2.75) is 0 Å². The molecule has 0 spiro atoms. The number of nitrogens with two attached hydrogens (primary N) is 1. The van der Waals surface area contributed by atoms with Crippen molar-refractivity contribution in [3.05, 3.63) is 58.1 Å². The zero-order valence-electron chi connectivity index (χ0n) is 8.65. The van der Waals surface area contributed by atoms with Crippen molar-refractivity contribution in [2.24, 2.45) is 0 Å². The zero-order valence-corrected chi connectivity index (χ0v) is 10.2. The van der Waals surface area contributed by atoms with E-state index in [1.807, 2.05) is 0 Å². The minimum Gasteiger partial charge on any atom is -0.398 e. The highest BCUT2D eigenvalue weighted by molar-refractivity contribution is 9.10. The van der Waals surface area contributed by atoms with E-state index in [1.54, 1.807) is 18.2 Å². The Hall–Kier alpha value is -1.75. The molecule has 17 heavy (non-hydrogen) atoms. The van der Waals surface area contributed by atoms with Crippen LogP contribution in [-0.2, 0) is 0 Å². The van der Waals surface area contributed by atoms with Gasteiger partial charge in [0.05, 0.1) is 6.20 Å². The summed E-state index contributed by atoms with van der Waals surface area (Å²) < 4.78 is 13.7. The Morgan fingerprint density at radius 1 is 1.29 bits per heavy atom. The van der Waals surface area contributed by atoms with Crippen molar-refractivity contribution < 1.29 is 9.18 Å². The predicted molar refractivity (Wildman–Crippen MR) is 66.2 cm³/mol. The number of ketones is 1. The van der Waals surface area contributed by atoms with Gasteiger partial charge in [-0.1, -0.05) is 15.9 Å². The average molecular weight is 295 g/mol. The van der Waals surface area contributed by atoms with Crippen molar-refractivity contribution in [2.75, 3.05) is 5.73 Å². The first kappa shape index (κ1) is 11.7. The maximum absolute atomic E-state index is 13.0. The third-order valence-electron chi connectivity index (χ3n) is 2.23. The maximum Gasteiger partial charge on any atom is 0.196 e. The highest BCUT2D eigenvalue weighted by atomic mass is 79.9. The van der Waals surface area contributed by atoms with E-state index in [0.29, 0.717) is 11.3 Å². The monoisotopic (exact) mass is 294 g/mol. The molecule has 2 aromatic rings. The second-order valence-corrected chi connectivity index (χ2v) is 4.37. The fourth-order valence-corrected chi connectivity index (χ4v) is 1.78. The van der Waals surface area contributed by atoms with Crippen molar-refractivity contribution in [3.8, 4) is 0 Å². The lowest BCUT2D eigenvalue weighted by atomic mass is 10.0. The number of hydrogen-bond acceptors (Lipinski definition) is 3. The van der Waals surface area contributed by atoms with Crippen molar-refractivity contribution in [3.63, 3.8) is 0 Å². The number of benzene rings is 1. The first-order chi connectivity index (χ1) is 8.08. The van der Waals surface area contributed by atoms with Gasteiger partial charge in [0.1, 0.15) is 5.82 Å². The molecule has 0 aliphatic heterocycles. The number of anilines is 1. The van der Waals surface area contributed by atoms with E-state index in [2.05, 4.69) is 20.9 Å². The van der Waals surface area contributed by atoms with Gasteiger partial charge in [-0.25, -0.2) is 4.39 Å². The van der Waals surface area contributed by atoms with Crippen LogP contribution in [0.25, 0.3) is 0 Å². The third-order valence-corrected chi connectivity index (χ3v) is 2.72. The summed E-state index contributed by atoms with van der Waals surface area (Å²) >= 11 is 3.25. The molecule has 3 nitrogen and oxygen atoms in total. The van der Waals surface area contributed by atoms with Gasteiger partial charge in [0.2, 0.25) is 0 Å². The molecule has 1 aromatic carbocycles. The lowest BCUT2D eigenvalue weighted by Crippen LogP contribution is -2.06. The highest BCUT2D eigenvalue weighted by Gasteiger charge is 2.13. The summed E-state index contributed by atoms with van der Waals surface area (Å²) in [7, 11) is 0. The predicted octanol–water partition coefficient (Wildman–Crippen LogP) is 2.80. The van der Waals surface area contributed by atoms with Crippen LogP contribution in [0.15, 0.2) is 41.1 Å². The number of aromatic nitrogens is 1. The largest absolute Gasteiger partial charge is 0.398 e. The SMILES string of the molecule is Nc1ccc(Br)cc1C(=O)c1cncc(F)c1. The van der Waals surface area contributed by atoms with Crippen LogP contribution in [0.2, 0.25) is 0 Å². The number of hydrogen-bond donors (Lipinski definition) is 1. The van der Waals surface area contributed by atoms with Gasteiger partial charge in [0, 0.05) is 27.5 Å². The smallest absolute Gasteiger partial charge is 0.196 e. The van der Waals surface area contributed by atoms with E-state index in [0.717, 1.165) is 16.7 Å². The number of pyridine rings is 1. The summed E-state index contributed by atoms with van der Waals surface area (Å²) in [5.74, 6) is -0.903. The van der Waals surface area contributed by atoms with Gasteiger partial charge in [0.25, 0.3) is 0 Å². The number of rotatable bonds is 2. The molecule has 0 aliphatic carbocycles. The Morgan fingerprint density at radius 2 is 2.06 bits per heavy atom. The Labute approximate surface area is 106 Å². The van der Waals surface area contributed by atoms with E-state index < -0.39 is 5.82 Å². The highest BCUT2D eigenvalue weighted by Crippen LogP contribution is 2.21. The zero-order chi connectivity index (χ0) is 12.4. The van der Waals surface area contributed by atoms with Gasteiger partial charge in [-0.2, -0.15) is 0 Å². The quantitative estimate of drug-likeness (QED) is 0.684. The fourth-order valence-electron chi connectivity index (χ4n) is 1.42. The molecule has 0 amide bonds. The van der Waals surface area contributed by atoms with Gasteiger partial charge in [-0.15, -0.1) is 0 Å². The molecule has 0 fully saturated rings. The molecule has 0 bridgehead atoms. The van der Waals surface area contributed by atoms with Gasteiger partial charge < -0.3 is 5.73 Å². The van der Waals surface area contributed by atoms with E-state index in [4.69, 9.17) is 5.73 Å². The summed E-state index contributed by atoms with van der Waals surface area (Å²) in [4.78, 5) is 15.7. The number of carbonyl (C=O) groups excluding carboxylic acids is 1. The summed E-state index contributed by atoms with van der Waals surface area (Å²) in [5, 5.41) is 0. The van der Waals surface area contributed by atoms with Crippen LogP contribution >= 0.6 is 15.9 Å². The number of carbonyl (C=O) groups is 1. The molecule has 0 saturated heterocycles. The van der Waals surface area contributed by atoms with Crippen LogP contribution in [0.1, 0.15) is 15.9 Å². The topological polar surface area (TPSA) is 56.0 Å². The Kier molecular flexibility index (Phi) is 3.19. The van der Waals surface area contributed by atoms with Crippen LogP contribution in [0.5, 0.6) is 0 Å². The molecule has 0 radical (unpaired) electrons. The molecular weight excluding hydrogens is 287 g/mol. The summed E-state index contributed by atoms with van der Waals surface area (Å²) in [5.41, 5.74) is 6.56. The van der Waals surface area contributed by atoms with Gasteiger partial charge >= 0.3 is 0 Å². The molecule has 2 N–H and O–H groups in total. The van der Waals surface area contributed by atoms with Crippen LogP contribution < -0.4 is 5.73 Å². The van der Waals surface area contributed by atoms with E-state index >= 15 is 0 Å². The second-order valence-electron chi connectivity index (χ2n) is 3.45. The normalized spacial score (nSPS) is 10.2. The lowest BCUT2D eigenvalue weighted by Gasteiger charge is -2.05. The minimum atomic E-state index is -0.551. The molecule has 5 heteroatoms.